The second-order valence-corrected chi connectivity index (χ2v) is 3.37. The van der Waals surface area contributed by atoms with E-state index in [1.807, 2.05) is 7.05 Å². The first-order chi connectivity index (χ1) is 5.86. The van der Waals surface area contributed by atoms with Crippen LogP contribution in [-0.2, 0) is 7.05 Å². The van der Waals surface area contributed by atoms with Crippen molar-refractivity contribution in [3.8, 4) is 0 Å². The summed E-state index contributed by atoms with van der Waals surface area (Å²) in [5.74, 6) is 0. The SMILES string of the molecule is C[n+]1ccc(C2=CCCC2)cc1. The summed E-state index contributed by atoms with van der Waals surface area (Å²) in [5, 5.41) is 0. The molecule has 1 aromatic rings. The Hall–Kier alpha value is -1.11. The number of nitrogens with zero attached hydrogens (tertiary/aromatic N) is 1. The lowest BCUT2D eigenvalue weighted by atomic mass is 10.1. The highest BCUT2D eigenvalue weighted by Crippen LogP contribution is 2.26. The van der Waals surface area contributed by atoms with E-state index in [1.54, 1.807) is 0 Å². The largest absolute Gasteiger partial charge is 0.208 e. The quantitative estimate of drug-likeness (QED) is 0.554. The molecule has 0 fully saturated rings. The molecule has 0 atom stereocenters. The van der Waals surface area contributed by atoms with Crippen molar-refractivity contribution in [1.82, 2.24) is 0 Å². The third-order valence-electron chi connectivity index (χ3n) is 2.39. The van der Waals surface area contributed by atoms with Gasteiger partial charge in [0.2, 0.25) is 0 Å². The highest BCUT2D eigenvalue weighted by molar-refractivity contribution is 5.66. The number of aromatic nitrogens is 1. The predicted octanol–water partition coefficient (Wildman–Crippen LogP) is 2.08. The molecule has 1 nitrogen and oxygen atoms in total. The zero-order valence-electron chi connectivity index (χ0n) is 7.46. The van der Waals surface area contributed by atoms with E-state index in [4.69, 9.17) is 0 Å². The Labute approximate surface area is 73.4 Å². The van der Waals surface area contributed by atoms with Crippen LogP contribution >= 0.6 is 0 Å². The first kappa shape index (κ1) is 7.53. The van der Waals surface area contributed by atoms with E-state index >= 15 is 0 Å². The smallest absolute Gasteiger partial charge is 0.169 e. The molecule has 0 bridgehead atoms. The van der Waals surface area contributed by atoms with Gasteiger partial charge in [0.05, 0.1) is 0 Å². The molecule has 0 aromatic carbocycles. The predicted molar refractivity (Wildman–Crippen MR) is 49.4 cm³/mol. The summed E-state index contributed by atoms with van der Waals surface area (Å²) in [7, 11) is 2.05. The Morgan fingerprint density at radius 3 is 2.58 bits per heavy atom. The molecule has 1 aliphatic carbocycles. The normalized spacial score (nSPS) is 16.2. The standard InChI is InChI=1S/C11H14N/c1-12-8-6-11(7-9-12)10-4-2-3-5-10/h4,6-9H,2-3,5H2,1H3/q+1. The number of aryl methyl sites for hydroxylation is 1. The van der Waals surface area contributed by atoms with Crippen LogP contribution in [-0.4, -0.2) is 0 Å². The minimum atomic E-state index is 1.26. The first-order valence-electron chi connectivity index (χ1n) is 4.51. The van der Waals surface area contributed by atoms with Crippen molar-refractivity contribution < 1.29 is 4.57 Å². The van der Waals surface area contributed by atoms with Crippen LogP contribution in [0.5, 0.6) is 0 Å². The Balaban J connectivity index is 2.28. The van der Waals surface area contributed by atoms with E-state index in [1.165, 1.54) is 30.4 Å². The topological polar surface area (TPSA) is 3.88 Å². The maximum absolute atomic E-state index is 2.36. The second-order valence-electron chi connectivity index (χ2n) is 3.37. The van der Waals surface area contributed by atoms with Gasteiger partial charge in [-0.2, -0.15) is 0 Å². The van der Waals surface area contributed by atoms with Crippen LogP contribution in [0.15, 0.2) is 30.6 Å². The molecule has 0 spiro atoms. The molecular weight excluding hydrogens is 146 g/mol. The van der Waals surface area contributed by atoms with E-state index < -0.39 is 0 Å². The van der Waals surface area contributed by atoms with Crippen LogP contribution in [0.1, 0.15) is 24.8 Å². The van der Waals surface area contributed by atoms with Gasteiger partial charge in [0.15, 0.2) is 12.4 Å². The molecule has 0 radical (unpaired) electrons. The Bertz CT molecular complexity index is 295. The van der Waals surface area contributed by atoms with Gasteiger partial charge in [0.1, 0.15) is 7.05 Å². The van der Waals surface area contributed by atoms with Crippen molar-refractivity contribution in [1.29, 1.82) is 0 Å². The van der Waals surface area contributed by atoms with Crippen molar-refractivity contribution >= 4 is 5.57 Å². The number of pyridine rings is 1. The van der Waals surface area contributed by atoms with Crippen molar-refractivity contribution in [2.24, 2.45) is 7.05 Å². The first-order valence-corrected chi connectivity index (χ1v) is 4.51. The highest BCUT2D eigenvalue weighted by atomic mass is 14.9. The fourth-order valence-corrected chi connectivity index (χ4v) is 1.65. The van der Waals surface area contributed by atoms with Crippen LogP contribution in [0.25, 0.3) is 5.57 Å². The van der Waals surface area contributed by atoms with E-state index in [0.717, 1.165) is 0 Å². The molecule has 1 aromatic heterocycles. The van der Waals surface area contributed by atoms with Gasteiger partial charge in [0, 0.05) is 12.1 Å². The molecule has 0 saturated carbocycles. The molecule has 0 N–H and O–H groups in total. The molecule has 0 saturated heterocycles. The lowest BCUT2D eigenvalue weighted by Crippen LogP contribution is -2.25. The van der Waals surface area contributed by atoms with Gasteiger partial charge in [-0.25, -0.2) is 4.57 Å². The summed E-state index contributed by atoms with van der Waals surface area (Å²) in [6.45, 7) is 0. The third kappa shape index (κ3) is 1.40. The maximum Gasteiger partial charge on any atom is 0.169 e. The number of hydrogen-bond donors (Lipinski definition) is 0. The maximum atomic E-state index is 2.36. The van der Waals surface area contributed by atoms with Gasteiger partial charge in [-0.1, -0.05) is 6.08 Å². The second kappa shape index (κ2) is 3.10. The van der Waals surface area contributed by atoms with Gasteiger partial charge in [-0.05, 0) is 30.4 Å². The van der Waals surface area contributed by atoms with Crippen molar-refractivity contribution in [3.63, 3.8) is 0 Å². The molecule has 2 rings (SSSR count). The van der Waals surface area contributed by atoms with Crippen LogP contribution in [0.2, 0.25) is 0 Å². The number of allylic oxidation sites excluding steroid dienone is 2. The van der Waals surface area contributed by atoms with Crippen LogP contribution < -0.4 is 4.57 Å². The van der Waals surface area contributed by atoms with Crippen molar-refractivity contribution in [2.75, 3.05) is 0 Å². The van der Waals surface area contributed by atoms with Gasteiger partial charge in [-0.15, -0.1) is 0 Å². The zero-order chi connectivity index (χ0) is 8.39. The fourth-order valence-electron chi connectivity index (χ4n) is 1.65. The summed E-state index contributed by atoms with van der Waals surface area (Å²) in [6.07, 6.45) is 10.4. The van der Waals surface area contributed by atoms with E-state index in [0.29, 0.717) is 0 Å². The van der Waals surface area contributed by atoms with Crippen LogP contribution in [0, 0.1) is 0 Å². The summed E-state index contributed by atoms with van der Waals surface area (Å²) in [4.78, 5) is 0. The monoisotopic (exact) mass is 160 g/mol. The van der Waals surface area contributed by atoms with Gasteiger partial charge in [0.25, 0.3) is 0 Å². The summed E-state index contributed by atoms with van der Waals surface area (Å²) in [5.41, 5.74) is 2.92. The molecule has 12 heavy (non-hydrogen) atoms. The van der Waals surface area contributed by atoms with Crippen LogP contribution in [0.4, 0.5) is 0 Å². The molecule has 1 heterocycles. The Kier molecular flexibility index (Phi) is 1.94. The molecule has 62 valence electrons. The summed E-state index contributed by atoms with van der Waals surface area (Å²) >= 11 is 0. The van der Waals surface area contributed by atoms with Gasteiger partial charge < -0.3 is 0 Å². The molecule has 0 aliphatic heterocycles. The van der Waals surface area contributed by atoms with E-state index in [-0.39, 0.29) is 0 Å². The summed E-state index contributed by atoms with van der Waals surface area (Å²) < 4.78 is 2.07. The third-order valence-corrected chi connectivity index (χ3v) is 2.39. The fraction of sp³-hybridized carbons (Fsp3) is 0.364. The molecule has 1 aliphatic rings. The lowest BCUT2D eigenvalue weighted by molar-refractivity contribution is -0.671. The minimum absolute atomic E-state index is 1.26. The van der Waals surface area contributed by atoms with E-state index in [2.05, 4.69) is 35.2 Å². The lowest BCUT2D eigenvalue weighted by Gasteiger charge is -1.98. The van der Waals surface area contributed by atoms with E-state index in [9.17, 15) is 0 Å². The Morgan fingerprint density at radius 1 is 1.25 bits per heavy atom. The van der Waals surface area contributed by atoms with Crippen molar-refractivity contribution in [3.05, 3.63) is 36.2 Å². The van der Waals surface area contributed by atoms with Gasteiger partial charge >= 0.3 is 0 Å². The number of rotatable bonds is 1. The zero-order valence-corrected chi connectivity index (χ0v) is 7.46. The van der Waals surface area contributed by atoms with Crippen molar-refractivity contribution in [2.45, 2.75) is 19.3 Å². The average Bonchev–Trinajstić information content (AvgIpc) is 2.58. The molecule has 0 amide bonds. The van der Waals surface area contributed by atoms with Crippen LogP contribution in [0.3, 0.4) is 0 Å². The minimum Gasteiger partial charge on any atom is -0.208 e. The van der Waals surface area contributed by atoms with Gasteiger partial charge in [-0.3, -0.25) is 0 Å². The number of hydrogen-bond acceptors (Lipinski definition) is 0. The highest BCUT2D eigenvalue weighted by Gasteiger charge is 2.07. The molecular formula is C11H14N+. The average molecular weight is 160 g/mol. The molecule has 1 heteroatoms. The Morgan fingerprint density at radius 2 is 2.00 bits per heavy atom. The summed E-state index contributed by atoms with van der Waals surface area (Å²) in [6, 6.07) is 4.38. The molecule has 0 unspecified atom stereocenters.